The lowest BCUT2D eigenvalue weighted by Gasteiger charge is -2.49. The summed E-state index contributed by atoms with van der Waals surface area (Å²) in [4.78, 5) is 16.2. The topological polar surface area (TPSA) is 177 Å². The van der Waals surface area contributed by atoms with E-state index in [0.29, 0.717) is 19.3 Å². The summed E-state index contributed by atoms with van der Waals surface area (Å²) in [7, 11) is 5.44. The Morgan fingerprint density at radius 3 is 2.18 bits per heavy atom. The van der Waals surface area contributed by atoms with Gasteiger partial charge in [0.15, 0.2) is 12.6 Å². The molecule has 4 saturated heterocycles. The molecule has 6 N–H and O–H groups in total. The molecule has 0 aromatic heterocycles. The number of rotatable bonds is 7. The van der Waals surface area contributed by atoms with Crippen molar-refractivity contribution in [3.8, 4) is 0 Å². The predicted octanol–water partition coefficient (Wildman–Crippen LogP) is 2.56. The van der Waals surface area contributed by atoms with Crippen LogP contribution in [0.5, 0.6) is 0 Å². The summed E-state index contributed by atoms with van der Waals surface area (Å²) in [5, 5.41) is 24.1. The molecule has 0 spiro atoms. The van der Waals surface area contributed by atoms with Gasteiger partial charge in [-0.15, -0.1) is 0 Å². The van der Waals surface area contributed by atoms with Crippen LogP contribution in [-0.4, -0.2) is 133 Å². The number of carbonyl (C=O) groups is 1. The second-order valence-corrected chi connectivity index (χ2v) is 16.9. The second kappa shape index (κ2) is 15.8. The van der Waals surface area contributed by atoms with E-state index in [1.54, 1.807) is 21.0 Å². The Balaban J connectivity index is 1.81. The van der Waals surface area contributed by atoms with E-state index in [9.17, 15) is 15.0 Å². The SMILES string of the molecule is CC[C@H]1OC(=O)C(C)C(O[C@H]2C[C@@](C)(OC)[C@H](N)[C@H](C)O2)[C@H](C)[C@@H](O[C@@H]2O[C@H](C)C[C@H](N(C)C)[C@H]2O)[C@](C)(O)C[C@@H](C)[C@@H]2O[C@@]1(C)[C@@H](N)[C@H]2C. The number of methoxy groups -OCH3 is 1. The van der Waals surface area contributed by atoms with Crippen molar-refractivity contribution in [2.24, 2.45) is 35.1 Å². The third kappa shape index (κ3) is 8.08. The van der Waals surface area contributed by atoms with Crippen LogP contribution in [0, 0.1) is 23.7 Å². The highest BCUT2D eigenvalue weighted by molar-refractivity contribution is 5.73. The van der Waals surface area contributed by atoms with Crippen LogP contribution in [0.1, 0.15) is 94.9 Å². The van der Waals surface area contributed by atoms with Crippen LogP contribution >= 0.6 is 0 Å². The van der Waals surface area contributed by atoms with Crippen LogP contribution < -0.4 is 11.5 Å². The van der Waals surface area contributed by atoms with Crippen LogP contribution in [0.15, 0.2) is 0 Å². The lowest BCUT2D eigenvalue weighted by molar-refractivity contribution is -0.311. The monoisotopic (exact) mass is 715 g/mol. The lowest BCUT2D eigenvalue weighted by atomic mass is 9.75. The number of hydrogen-bond acceptors (Lipinski definition) is 13. The molecule has 19 atom stereocenters. The number of likely N-dealkylation sites (N-methyl/N-ethyl adjacent to an activating group) is 1. The van der Waals surface area contributed by atoms with Crippen LogP contribution in [0.4, 0.5) is 0 Å². The molecular formula is C37H69N3O10. The summed E-state index contributed by atoms with van der Waals surface area (Å²) >= 11 is 0. The molecule has 13 heteroatoms. The van der Waals surface area contributed by atoms with Gasteiger partial charge in [0.2, 0.25) is 0 Å². The van der Waals surface area contributed by atoms with E-state index in [2.05, 4.69) is 6.92 Å². The number of hydrogen-bond donors (Lipinski definition) is 4. The third-order valence-corrected chi connectivity index (χ3v) is 12.7. The summed E-state index contributed by atoms with van der Waals surface area (Å²) in [5.74, 6) is -2.22. The van der Waals surface area contributed by atoms with Gasteiger partial charge in [0, 0.05) is 37.5 Å². The van der Waals surface area contributed by atoms with E-state index in [-0.39, 0.29) is 36.5 Å². The van der Waals surface area contributed by atoms with Crippen molar-refractivity contribution >= 4 is 5.97 Å². The number of nitrogens with zero attached hydrogens (tertiary/aromatic N) is 1. The first-order chi connectivity index (χ1) is 23.1. The molecule has 50 heavy (non-hydrogen) atoms. The maximum Gasteiger partial charge on any atom is 0.311 e. The van der Waals surface area contributed by atoms with Gasteiger partial charge in [-0.3, -0.25) is 4.79 Å². The number of ether oxygens (including phenoxy) is 7. The van der Waals surface area contributed by atoms with Crippen LogP contribution in [0.25, 0.3) is 0 Å². The maximum absolute atomic E-state index is 14.3. The van der Waals surface area contributed by atoms with Crippen molar-refractivity contribution in [3.63, 3.8) is 0 Å². The molecule has 4 aliphatic heterocycles. The van der Waals surface area contributed by atoms with Gasteiger partial charge in [-0.05, 0) is 80.8 Å². The highest BCUT2D eigenvalue weighted by atomic mass is 16.7. The number of fused-ring (bicyclic) bond motifs is 2. The van der Waals surface area contributed by atoms with Crippen molar-refractivity contribution in [1.29, 1.82) is 0 Å². The highest BCUT2D eigenvalue weighted by Gasteiger charge is 2.58. The van der Waals surface area contributed by atoms with Crippen molar-refractivity contribution in [2.45, 2.75) is 185 Å². The van der Waals surface area contributed by atoms with Crippen molar-refractivity contribution in [1.82, 2.24) is 4.90 Å². The average molecular weight is 716 g/mol. The molecule has 0 aromatic rings. The molecule has 292 valence electrons. The fourth-order valence-electron chi connectivity index (χ4n) is 9.32. The van der Waals surface area contributed by atoms with E-state index < -0.39 is 89.8 Å². The van der Waals surface area contributed by atoms with E-state index in [1.165, 1.54) is 0 Å². The van der Waals surface area contributed by atoms with Crippen molar-refractivity contribution in [3.05, 3.63) is 0 Å². The molecule has 4 heterocycles. The molecule has 0 aromatic carbocycles. The smallest absolute Gasteiger partial charge is 0.311 e. The lowest BCUT2D eigenvalue weighted by Crippen LogP contribution is -2.62. The summed E-state index contributed by atoms with van der Waals surface area (Å²) in [5.41, 5.74) is 10.2. The molecule has 4 fully saturated rings. The molecule has 2 bridgehead atoms. The molecular weight excluding hydrogens is 646 g/mol. The first-order valence-corrected chi connectivity index (χ1v) is 18.7. The molecule has 4 aliphatic rings. The normalized spacial score (nSPS) is 52.6. The van der Waals surface area contributed by atoms with E-state index in [1.807, 2.05) is 67.5 Å². The maximum atomic E-state index is 14.3. The van der Waals surface area contributed by atoms with Crippen molar-refractivity contribution < 1.29 is 48.2 Å². The van der Waals surface area contributed by atoms with Gasteiger partial charge in [0.1, 0.15) is 17.8 Å². The highest BCUT2D eigenvalue weighted by Crippen LogP contribution is 2.46. The van der Waals surface area contributed by atoms with E-state index in [0.717, 1.165) is 0 Å². The summed E-state index contributed by atoms with van der Waals surface area (Å²) in [6.45, 7) is 19.1. The van der Waals surface area contributed by atoms with E-state index in [4.69, 9.17) is 44.6 Å². The predicted molar refractivity (Wildman–Crippen MR) is 188 cm³/mol. The third-order valence-electron chi connectivity index (χ3n) is 12.7. The van der Waals surface area contributed by atoms with Gasteiger partial charge in [-0.2, -0.15) is 0 Å². The Bertz CT molecular complexity index is 1150. The molecule has 0 saturated carbocycles. The fraction of sp³-hybridized carbons (Fsp3) is 0.973. The van der Waals surface area contributed by atoms with Gasteiger partial charge in [0.05, 0.1) is 53.7 Å². The minimum Gasteiger partial charge on any atom is -0.459 e. The van der Waals surface area contributed by atoms with Gasteiger partial charge in [0.25, 0.3) is 0 Å². The van der Waals surface area contributed by atoms with Gasteiger partial charge < -0.3 is 59.7 Å². The number of carbonyl (C=O) groups excluding carboxylic acids is 1. The Kier molecular flexibility index (Phi) is 13.2. The number of esters is 1. The largest absolute Gasteiger partial charge is 0.459 e. The minimum absolute atomic E-state index is 0.0797. The van der Waals surface area contributed by atoms with Crippen LogP contribution in [0.3, 0.4) is 0 Å². The fourth-order valence-corrected chi connectivity index (χ4v) is 9.32. The van der Waals surface area contributed by atoms with Gasteiger partial charge in [-0.25, -0.2) is 0 Å². The summed E-state index contributed by atoms with van der Waals surface area (Å²) < 4.78 is 45.0. The summed E-state index contributed by atoms with van der Waals surface area (Å²) in [6, 6.07) is -1.06. The van der Waals surface area contributed by atoms with Crippen molar-refractivity contribution in [2.75, 3.05) is 21.2 Å². The molecule has 0 amide bonds. The van der Waals surface area contributed by atoms with E-state index >= 15 is 0 Å². The van der Waals surface area contributed by atoms with Gasteiger partial charge in [-0.1, -0.05) is 27.7 Å². The zero-order chi connectivity index (χ0) is 37.7. The Morgan fingerprint density at radius 2 is 1.60 bits per heavy atom. The minimum atomic E-state index is -1.50. The molecule has 0 radical (unpaired) electrons. The first-order valence-electron chi connectivity index (χ1n) is 18.7. The summed E-state index contributed by atoms with van der Waals surface area (Å²) in [6.07, 6.45) is -4.56. The number of nitrogens with two attached hydrogens (primary N) is 2. The Labute approximate surface area is 300 Å². The quantitative estimate of drug-likeness (QED) is 0.283. The molecule has 2 unspecified atom stereocenters. The Hall–Kier alpha value is -0.970. The number of aliphatic hydroxyl groups excluding tert-OH is 1. The number of aliphatic hydroxyl groups is 2. The first kappa shape index (κ1) is 41.8. The zero-order valence-electron chi connectivity index (χ0n) is 32.8. The Morgan fingerprint density at radius 1 is 0.960 bits per heavy atom. The second-order valence-electron chi connectivity index (χ2n) is 16.9. The van der Waals surface area contributed by atoms with Gasteiger partial charge >= 0.3 is 5.97 Å². The molecule has 4 rings (SSSR count). The average Bonchev–Trinajstić information content (AvgIpc) is 3.28. The van der Waals surface area contributed by atoms with Crippen LogP contribution in [-0.2, 0) is 38.0 Å². The van der Waals surface area contributed by atoms with Crippen LogP contribution in [0.2, 0.25) is 0 Å². The molecule has 13 nitrogen and oxygen atoms in total. The molecule has 0 aliphatic carbocycles. The zero-order valence-corrected chi connectivity index (χ0v) is 32.8. The standard InChI is InChI=1S/C37H69N3O10/c1-14-25-37(10)30(38)20(4)28(50-37)18(2)16-35(8,43)32(49-34-27(41)24(40(11)12)15-19(3)45-34)21(5)29(22(6)33(42)47-25)48-26-17-36(9,44-13)31(39)23(7)46-26/h18-32,34,41,43H,14-17,38-39H2,1-13H3/t18-,19-,20+,21+,22?,23+,24+,25-,26+,27-,28+,29?,30+,31-,32-,34+,35-,36-,37-/m1/s1. The number of cyclic esters (lactones) is 1.